The highest BCUT2D eigenvalue weighted by Crippen LogP contribution is 2.25. The summed E-state index contributed by atoms with van der Waals surface area (Å²) in [4.78, 5) is 0. The first-order chi connectivity index (χ1) is 7.67. The molecule has 0 saturated heterocycles. The van der Waals surface area contributed by atoms with Crippen LogP contribution in [-0.4, -0.2) is 17.3 Å². The number of para-hydroxylation sites is 1. The molecule has 0 aliphatic heterocycles. The average Bonchev–Trinajstić information content (AvgIpc) is 2.31. The number of aliphatic hydroxyl groups excluding tert-OH is 1. The Bertz CT molecular complexity index is 323. The fourth-order valence-electron chi connectivity index (χ4n) is 1.88. The first-order valence-electron chi connectivity index (χ1n) is 5.81. The summed E-state index contributed by atoms with van der Waals surface area (Å²) in [6.45, 7) is 4.08. The van der Waals surface area contributed by atoms with Gasteiger partial charge >= 0.3 is 0 Å². The summed E-state index contributed by atoms with van der Waals surface area (Å²) in [5, 5.41) is 12.6. The number of hydrogen-bond donors (Lipinski definition) is 2. The van der Waals surface area contributed by atoms with Crippen molar-refractivity contribution in [1.29, 1.82) is 0 Å². The van der Waals surface area contributed by atoms with Gasteiger partial charge in [-0.05, 0) is 25.0 Å². The molecule has 1 aromatic carbocycles. The molecule has 1 aromatic rings. The van der Waals surface area contributed by atoms with Gasteiger partial charge in [-0.3, -0.25) is 0 Å². The zero-order valence-electron chi connectivity index (χ0n) is 9.96. The van der Waals surface area contributed by atoms with Gasteiger partial charge in [0.1, 0.15) is 5.82 Å². The van der Waals surface area contributed by atoms with Crippen molar-refractivity contribution in [2.75, 3.05) is 11.9 Å². The maximum Gasteiger partial charge on any atom is 0.146 e. The van der Waals surface area contributed by atoms with Crippen LogP contribution in [0.3, 0.4) is 0 Å². The standard InChI is InChI=1S/C13H20FNO/c1-3-9-13(4-2,10-16)15-12-8-6-5-7-11(12)14/h5-8,15-16H,3-4,9-10H2,1-2H3. The molecular formula is C13H20FNO. The van der Waals surface area contributed by atoms with Crippen molar-refractivity contribution in [3.63, 3.8) is 0 Å². The molecule has 0 saturated carbocycles. The topological polar surface area (TPSA) is 32.3 Å². The van der Waals surface area contributed by atoms with E-state index in [2.05, 4.69) is 12.2 Å². The monoisotopic (exact) mass is 225 g/mol. The quantitative estimate of drug-likeness (QED) is 0.779. The van der Waals surface area contributed by atoms with E-state index in [4.69, 9.17) is 0 Å². The third kappa shape index (κ3) is 2.95. The van der Waals surface area contributed by atoms with Gasteiger partial charge in [-0.25, -0.2) is 4.39 Å². The van der Waals surface area contributed by atoms with Gasteiger partial charge in [-0.1, -0.05) is 32.4 Å². The van der Waals surface area contributed by atoms with Crippen LogP contribution in [0.2, 0.25) is 0 Å². The van der Waals surface area contributed by atoms with Crippen LogP contribution in [0.5, 0.6) is 0 Å². The molecule has 90 valence electrons. The maximum absolute atomic E-state index is 13.5. The molecule has 16 heavy (non-hydrogen) atoms. The lowest BCUT2D eigenvalue weighted by molar-refractivity contribution is 0.197. The Morgan fingerprint density at radius 2 is 2.00 bits per heavy atom. The molecule has 2 nitrogen and oxygen atoms in total. The Balaban J connectivity index is 2.87. The van der Waals surface area contributed by atoms with Gasteiger partial charge in [0, 0.05) is 0 Å². The van der Waals surface area contributed by atoms with Gasteiger partial charge in [0.05, 0.1) is 17.8 Å². The summed E-state index contributed by atoms with van der Waals surface area (Å²) in [6.07, 6.45) is 2.55. The Morgan fingerprint density at radius 1 is 1.31 bits per heavy atom. The number of hydrogen-bond acceptors (Lipinski definition) is 2. The summed E-state index contributed by atoms with van der Waals surface area (Å²) in [5.41, 5.74) is 0.0589. The second-order valence-corrected chi connectivity index (χ2v) is 4.15. The molecule has 2 N–H and O–H groups in total. The third-order valence-corrected chi connectivity index (χ3v) is 2.98. The van der Waals surface area contributed by atoms with Crippen LogP contribution in [0, 0.1) is 5.82 Å². The molecule has 0 spiro atoms. The lowest BCUT2D eigenvalue weighted by Gasteiger charge is -2.33. The lowest BCUT2D eigenvalue weighted by atomic mass is 9.91. The summed E-state index contributed by atoms with van der Waals surface area (Å²) in [7, 11) is 0. The van der Waals surface area contributed by atoms with E-state index in [0.29, 0.717) is 5.69 Å². The van der Waals surface area contributed by atoms with Gasteiger partial charge in [-0.2, -0.15) is 0 Å². The maximum atomic E-state index is 13.5. The van der Waals surface area contributed by atoms with Crippen molar-refractivity contribution in [2.45, 2.75) is 38.6 Å². The number of nitrogens with one attached hydrogen (secondary N) is 1. The predicted octanol–water partition coefficient (Wildman–Crippen LogP) is 3.18. The van der Waals surface area contributed by atoms with Crippen LogP contribution in [-0.2, 0) is 0 Å². The number of aliphatic hydroxyl groups is 1. The Hall–Kier alpha value is -1.09. The van der Waals surface area contributed by atoms with Crippen molar-refractivity contribution < 1.29 is 9.50 Å². The minimum atomic E-state index is -0.406. The van der Waals surface area contributed by atoms with E-state index in [0.717, 1.165) is 19.3 Å². The molecule has 3 heteroatoms. The second kappa shape index (κ2) is 5.85. The molecule has 0 aromatic heterocycles. The van der Waals surface area contributed by atoms with E-state index < -0.39 is 5.54 Å². The Labute approximate surface area is 96.5 Å². The predicted molar refractivity (Wildman–Crippen MR) is 65.0 cm³/mol. The smallest absolute Gasteiger partial charge is 0.146 e. The summed E-state index contributed by atoms with van der Waals surface area (Å²) < 4.78 is 13.5. The molecule has 0 aliphatic rings. The summed E-state index contributed by atoms with van der Waals surface area (Å²) in [5.74, 6) is -0.273. The molecule has 0 amide bonds. The number of benzene rings is 1. The normalized spacial score (nSPS) is 14.5. The molecule has 0 aliphatic carbocycles. The third-order valence-electron chi connectivity index (χ3n) is 2.98. The zero-order valence-corrected chi connectivity index (χ0v) is 9.96. The van der Waals surface area contributed by atoms with Crippen molar-refractivity contribution in [2.24, 2.45) is 0 Å². The fraction of sp³-hybridized carbons (Fsp3) is 0.538. The van der Waals surface area contributed by atoms with Crippen LogP contribution in [0.25, 0.3) is 0 Å². The average molecular weight is 225 g/mol. The highest BCUT2D eigenvalue weighted by Gasteiger charge is 2.26. The van der Waals surface area contributed by atoms with Gasteiger partial charge in [-0.15, -0.1) is 0 Å². The van der Waals surface area contributed by atoms with Crippen LogP contribution in [0.15, 0.2) is 24.3 Å². The van der Waals surface area contributed by atoms with E-state index in [1.54, 1.807) is 18.2 Å². The minimum absolute atomic E-state index is 0.0195. The minimum Gasteiger partial charge on any atom is -0.394 e. The summed E-state index contributed by atoms with van der Waals surface area (Å²) >= 11 is 0. The van der Waals surface area contributed by atoms with Crippen LogP contribution in [0.4, 0.5) is 10.1 Å². The molecule has 1 unspecified atom stereocenters. The van der Waals surface area contributed by atoms with Gasteiger partial charge in [0.25, 0.3) is 0 Å². The van der Waals surface area contributed by atoms with E-state index in [9.17, 15) is 9.50 Å². The second-order valence-electron chi connectivity index (χ2n) is 4.15. The first kappa shape index (κ1) is 13.0. The summed E-state index contributed by atoms with van der Waals surface area (Å²) in [6, 6.07) is 6.57. The number of halogens is 1. The highest BCUT2D eigenvalue weighted by molar-refractivity contribution is 5.46. The van der Waals surface area contributed by atoms with Crippen molar-refractivity contribution in [1.82, 2.24) is 0 Å². The van der Waals surface area contributed by atoms with Gasteiger partial charge in [0.15, 0.2) is 0 Å². The molecule has 0 heterocycles. The first-order valence-corrected chi connectivity index (χ1v) is 5.81. The molecular weight excluding hydrogens is 205 g/mol. The Morgan fingerprint density at radius 3 is 2.50 bits per heavy atom. The molecule has 0 fully saturated rings. The van der Waals surface area contributed by atoms with Gasteiger partial charge < -0.3 is 10.4 Å². The fourth-order valence-corrected chi connectivity index (χ4v) is 1.88. The number of anilines is 1. The Kier molecular flexibility index (Phi) is 4.74. The van der Waals surface area contributed by atoms with E-state index >= 15 is 0 Å². The van der Waals surface area contributed by atoms with E-state index in [1.165, 1.54) is 6.07 Å². The highest BCUT2D eigenvalue weighted by atomic mass is 19.1. The van der Waals surface area contributed by atoms with Crippen molar-refractivity contribution in [3.8, 4) is 0 Å². The van der Waals surface area contributed by atoms with Crippen LogP contribution < -0.4 is 5.32 Å². The van der Waals surface area contributed by atoms with Gasteiger partial charge in [0.2, 0.25) is 0 Å². The van der Waals surface area contributed by atoms with Crippen molar-refractivity contribution >= 4 is 5.69 Å². The van der Waals surface area contributed by atoms with E-state index in [-0.39, 0.29) is 12.4 Å². The largest absolute Gasteiger partial charge is 0.394 e. The van der Waals surface area contributed by atoms with Crippen LogP contribution >= 0.6 is 0 Å². The lowest BCUT2D eigenvalue weighted by Crippen LogP contribution is -2.41. The van der Waals surface area contributed by atoms with E-state index in [1.807, 2.05) is 6.92 Å². The van der Waals surface area contributed by atoms with Crippen molar-refractivity contribution in [3.05, 3.63) is 30.1 Å². The molecule has 1 rings (SSSR count). The number of rotatable bonds is 6. The molecule has 0 bridgehead atoms. The van der Waals surface area contributed by atoms with Crippen LogP contribution in [0.1, 0.15) is 33.1 Å². The SMILES string of the molecule is CCCC(CC)(CO)Nc1ccccc1F. The molecule has 1 atom stereocenters. The zero-order chi connectivity index (χ0) is 12.0. The molecule has 0 radical (unpaired) electrons.